The van der Waals surface area contributed by atoms with Gasteiger partial charge >= 0.3 is 0 Å². The van der Waals surface area contributed by atoms with Crippen molar-refractivity contribution >= 4 is 22.9 Å². The van der Waals surface area contributed by atoms with Crippen molar-refractivity contribution in [2.24, 2.45) is 13.0 Å². The Morgan fingerprint density at radius 2 is 2.16 bits per heavy atom. The van der Waals surface area contributed by atoms with Gasteiger partial charge in [0.1, 0.15) is 11.8 Å². The van der Waals surface area contributed by atoms with Crippen LogP contribution >= 0.6 is 0 Å². The van der Waals surface area contributed by atoms with Gasteiger partial charge in [-0.25, -0.2) is 15.0 Å². The number of hydrogen-bond acceptors (Lipinski definition) is 5. The van der Waals surface area contributed by atoms with E-state index in [1.54, 1.807) is 6.33 Å². The third-order valence-corrected chi connectivity index (χ3v) is 4.86. The number of imidazole rings is 1. The average molecular weight is 339 g/mol. The molecule has 130 valence electrons. The van der Waals surface area contributed by atoms with E-state index in [4.69, 9.17) is 0 Å². The number of aryl methyl sites for hydroxylation is 1. The Labute approximate surface area is 145 Å². The summed E-state index contributed by atoms with van der Waals surface area (Å²) in [7, 11) is 1.98. The maximum Gasteiger partial charge on any atom is 0.223 e. The number of rotatable bonds is 4. The summed E-state index contributed by atoms with van der Waals surface area (Å²) in [5.41, 5.74) is 2.63. The number of amides is 1. The molecule has 0 aliphatic carbocycles. The molecule has 2 N–H and O–H groups in total. The van der Waals surface area contributed by atoms with E-state index in [9.17, 15) is 4.79 Å². The predicted octanol–water partition coefficient (Wildman–Crippen LogP) is 1.22. The van der Waals surface area contributed by atoms with Gasteiger partial charge in [-0.15, -0.1) is 0 Å². The molecule has 0 bridgehead atoms. The van der Waals surface area contributed by atoms with Crippen molar-refractivity contribution in [3.05, 3.63) is 36.7 Å². The van der Waals surface area contributed by atoms with Gasteiger partial charge in [-0.2, -0.15) is 0 Å². The molecule has 4 heterocycles. The molecule has 8 nitrogen and oxygen atoms in total. The topological polar surface area (TPSA) is 91.7 Å². The number of anilines is 1. The molecule has 25 heavy (non-hydrogen) atoms. The molecular formula is C17H21N7O. The summed E-state index contributed by atoms with van der Waals surface area (Å²) < 4.78 is 2.02. The second kappa shape index (κ2) is 6.54. The standard InChI is InChI=1S/C17H21N7O/c1-23-6-2-3-13(23)9-18-17(25)12-4-7-24(8-5-12)16-14-15(20-10-19-14)21-11-22-16/h2-3,6,10-12H,4-5,7-9H2,1H3,(H,18,25)(H,19,20,21,22). The molecular weight excluding hydrogens is 318 g/mol. The van der Waals surface area contributed by atoms with E-state index in [0.29, 0.717) is 12.2 Å². The molecule has 0 aromatic carbocycles. The Hall–Kier alpha value is -2.90. The number of nitrogens with one attached hydrogen (secondary N) is 2. The van der Waals surface area contributed by atoms with E-state index in [1.165, 1.54) is 6.33 Å². The highest BCUT2D eigenvalue weighted by molar-refractivity contribution is 5.83. The molecule has 0 unspecified atom stereocenters. The van der Waals surface area contributed by atoms with E-state index in [1.807, 2.05) is 29.9 Å². The summed E-state index contributed by atoms with van der Waals surface area (Å²) in [5, 5.41) is 3.06. The highest BCUT2D eigenvalue weighted by Crippen LogP contribution is 2.25. The van der Waals surface area contributed by atoms with Gasteiger partial charge in [0.25, 0.3) is 0 Å². The monoisotopic (exact) mass is 339 g/mol. The van der Waals surface area contributed by atoms with Crippen molar-refractivity contribution in [2.75, 3.05) is 18.0 Å². The predicted molar refractivity (Wildman–Crippen MR) is 93.9 cm³/mol. The zero-order valence-corrected chi connectivity index (χ0v) is 14.1. The largest absolute Gasteiger partial charge is 0.355 e. The quantitative estimate of drug-likeness (QED) is 0.746. The van der Waals surface area contributed by atoms with Crippen LogP contribution in [0.2, 0.25) is 0 Å². The van der Waals surface area contributed by atoms with Gasteiger partial charge in [0.15, 0.2) is 11.5 Å². The van der Waals surface area contributed by atoms with Gasteiger partial charge < -0.3 is 19.8 Å². The van der Waals surface area contributed by atoms with Crippen molar-refractivity contribution in [2.45, 2.75) is 19.4 Å². The van der Waals surface area contributed by atoms with Gasteiger partial charge in [0, 0.05) is 37.9 Å². The Kier molecular flexibility index (Phi) is 4.09. The Morgan fingerprint density at radius 3 is 2.92 bits per heavy atom. The zero-order chi connectivity index (χ0) is 17.2. The highest BCUT2D eigenvalue weighted by Gasteiger charge is 2.26. The number of piperidine rings is 1. The molecule has 3 aromatic heterocycles. The van der Waals surface area contributed by atoms with Crippen molar-refractivity contribution in [1.29, 1.82) is 0 Å². The van der Waals surface area contributed by atoms with Crippen LogP contribution in [0.15, 0.2) is 31.0 Å². The summed E-state index contributed by atoms with van der Waals surface area (Å²) in [6, 6.07) is 4.01. The molecule has 0 saturated carbocycles. The average Bonchev–Trinajstić information content (AvgIpc) is 3.28. The first-order chi connectivity index (χ1) is 12.2. The third kappa shape index (κ3) is 3.07. The number of fused-ring (bicyclic) bond motifs is 1. The van der Waals surface area contributed by atoms with Gasteiger partial charge in [-0.3, -0.25) is 4.79 Å². The van der Waals surface area contributed by atoms with Crippen LogP contribution in [0.1, 0.15) is 18.5 Å². The van der Waals surface area contributed by atoms with Gasteiger partial charge in [0.05, 0.1) is 12.9 Å². The first-order valence-corrected chi connectivity index (χ1v) is 8.49. The molecule has 4 rings (SSSR count). The first-order valence-electron chi connectivity index (χ1n) is 8.49. The lowest BCUT2D eigenvalue weighted by atomic mass is 9.96. The van der Waals surface area contributed by atoms with Crippen LogP contribution in [-0.2, 0) is 18.4 Å². The first kappa shape index (κ1) is 15.6. The van der Waals surface area contributed by atoms with Crippen molar-refractivity contribution < 1.29 is 4.79 Å². The lowest BCUT2D eigenvalue weighted by Crippen LogP contribution is -2.41. The maximum atomic E-state index is 12.4. The van der Waals surface area contributed by atoms with Crippen molar-refractivity contribution in [3.63, 3.8) is 0 Å². The van der Waals surface area contributed by atoms with Gasteiger partial charge in [-0.1, -0.05) is 0 Å². The lowest BCUT2D eigenvalue weighted by molar-refractivity contribution is -0.125. The molecule has 1 saturated heterocycles. The molecule has 1 amide bonds. The van der Waals surface area contributed by atoms with Crippen LogP contribution in [0.4, 0.5) is 5.82 Å². The minimum atomic E-state index is 0.0515. The summed E-state index contributed by atoms with van der Waals surface area (Å²) in [6.07, 6.45) is 6.79. The molecule has 8 heteroatoms. The number of carbonyl (C=O) groups excluding carboxylic acids is 1. The lowest BCUT2D eigenvalue weighted by Gasteiger charge is -2.32. The normalized spacial score (nSPS) is 15.6. The second-order valence-corrected chi connectivity index (χ2v) is 6.39. The minimum Gasteiger partial charge on any atom is -0.355 e. The highest BCUT2D eigenvalue weighted by atomic mass is 16.1. The van der Waals surface area contributed by atoms with Crippen LogP contribution in [-0.4, -0.2) is 43.5 Å². The fourth-order valence-corrected chi connectivity index (χ4v) is 3.35. The van der Waals surface area contributed by atoms with Crippen LogP contribution in [0.3, 0.4) is 0 Å². The smallest absolute Gasteiger partial charge is 0.223 e. The Morgan fingerprint density at radius 1 is 1.32 bits per heavy atom. The fraction of sp³-hybridized carbons (Fsp3) is 0.412. The second-order valence-electron chi connectivity index (χ2n) is 6.39. The zero-order valence-electron chi connectivity index (χ0n) is 14.1. The van der Waals surface area contributed by atoms with Gasteiger partial charge in [0.2, 0.25) is 5.91 Å². The summed E-state index contributed by atoms with van der Waals surface area (Å²) in [6.45, 7) is 2.17. The van der Waals surface area contributed by atoms with Crippen molar-refractivity contribution in [3.8, 4) is 0 Å². The molecule has 0 radical (unpaired) electrons. The Balaban J connectivity index is 1.36. The number of nitrogens with zero attached hydrogens (tertiary/aromatic N) is 5. The van der Waals surface area contributed by atoms with Crippen LogP contribution < -0.4 is 10.2 Å². The van der Waals surface area contributed by atoms with E-state index >= 15 is 0 Å². The Bertz CT molecular complexity index is 876. The van der Waals surface area contributed by atoms with E-state index in [2.05, 4.69) is 30.2 Å². The number of aromatic amines is 1. The fourth-order valence-electron chi connectivity index (χ4n) is 3.35. The number of carbonyl (C=O) groups is 1. The SMILES string of the molecule is Cn1cccc1CNC(=O)C1CCN(c2ncnc3nc[nH]c23)CC1. The molecule has 1 fully saturated rings. The number of H-pyrrole nitrogens is 1. The minimum absolute atomic E-state index is 0.0515. The summed E-state index contributed by atoms with van der Waals surface area (Å²) in [4.78, 5) is 30.5. The maximum absolute atomic E-state index is 12.4. The van der Waals surface area contributed by atoms with Crippen LogP contribution in [0, 0.1) is 5.92 Å². The number of hydrogen-bond donors (Lipinski definition) is 2. The van der Waals surface area contributed by atoms with E-state index in [-0.39, 0.29) is 11.8 Å². The van der Waals surface area contributed by atoms with E-state index in [0.717, 1.165) is 43.0 Å². The third-order valence-electron chi connectivity index (χ3n) is 4.86. The number of aromatic nitrogens is 5. The molecule has 1 aliphatic heterocycles. The van der Waals surface area contributed by atoms with Gasteiger partial charge in [-0.05, 0) is 25.0 Å². The molecule has 3 aromatic rings. The molecule has 0 atom stereocenters. The van der Waals surface area contributed by atoms with Crippen LogP contribution in [0.25, 0.3) is 11.2 Å². The summed E-state index contributed by atoms with van der Waals surface area (Å²) in [5.74, 6) is 1.05. The van der Waals surface area contributed by atoms with E-state index < -0.39 is 0 Å². The summed E-state index contributed by atoms with van der Waals surface area (Å²) >= 11 is 0. The molecule has 1 aliphatic rings. The van der Waals surface area contributed by atoms with Crippen molar-refractivity contribution in [1.82, 2.24) is 29.8 Å². The van der Waals surface area contributed by atoms with Crippen LogP contribution in [0.5, 0.6) is 0 Å². The molecule has 0 spiro atoms.